The summed E-state index contributed by atoms with van der Waals surface area (Å²) in [5, 5.41) is 2.82. The van der Waals surface area contributed by atoms with Crippen LogP contribution in [-0.2, 0) is 10.0 Å². The van der Waals surface area contributed by atoms with Crippen molar-refractivity contribution in [2.75, 3.05) is 11.0 Å². The van der Waals surface area contributed by atoms with Gasteiger partial charge in [-0.1, -0.05) is 12.1 Å². The Labute approximate surface area is 153 Å². The maximum absolute atomic E-state index is 13.1. The number of hydrogen-bond donors (Lipinski definition) is 2. The van der Waals surface area contributed by atoms with Crippen LogP contribution in [0.2, 0.25) is 0 Å². The second kappa shape index (κ2) is 7.47. The second-order valence-electron chi connectivity index (χ2n) is 5.32. The normalized spacial score (nSPS) is 12.5. The van der Waals surface area contributed by atoms with Crippen molar-refractivity contribution in [1.29, 1.82) is 0 Å². The van der Waals surface area contributed by atoms with Gasteiger partial charge >= 0.3 is 0 Å². The molecule has 0 radical (unpaired) electrons. The van der Waals surface area contributed by atoms with E-state index in [-0.39, 0.29) is 11.9 Å². The van der Waals surface area contributed by atoms with Gasteiger partial charge in [0.2, 0.25) is 10.0 Å². The summed E-state index contributed by atoms with van der Waals surface area (Å²) in [6.07, 6.45) is 1.07. The monoisotopic (exact) mass is 462 g/mol. The summed E-state index contributed by atoms with van der Waals surface area (Å²) in [5.74, 6) is -0.725. The Morgan fingerprint density at radius 3 is 2.54 bits per heavy atom. The number of halogens is 2. The number of hydrogen-bond acceptors (Lipinski definition) is 3. The number of carbonyl (C=O) groups is 1. The number of carbonyl (C=O) groups excluding carboxylic acids is 1. The number of benzene rings is 2. The minimum Gasteiger partial charge on any atom is -0.345 e. The van der Waals surface area contributed by atoms with Gasteiger partial charge in [0.05, 0.1) is 17.9 Å². The molecule has 0 aromatic heterocycles. The zero-order chi connectivity index (χ0) is 17.9. The minimum atomic E-state index is -3.37. The molecule has 2 aromatic carbocycles. The molecule has 1 atom stereocenters. The summed E-state index contributed by atoms with van der Waals surface area (Å²) in [7, 11) is -3.37. The average Bonchev–Trinajstić information content (AvgIpc) is 2.45. The van der Waals surface area contributed by atoms with Gasteiger partial charge in [-0.05, 0) is 65.4 Å². The van der Waals surface area contributed by atoms with Gasteiger partial charge in [-0.2, -0.15) is 0 Å². The van der Waals surface area contributed by atoms with E-state index in [4.69, 9.17) is 0 Å². The number of nitrogens with one attached hydrogen (secondary N) is 2. The highest BCUT2D eigenvalue weighted by atomic mass is 127. The molecule has 5 nitrogen and oxygen atoms in total. The summed E-state index contributed by atoms with van der Waals surface area (Å²) in [6, 6.07) is 10.4. The van der Waals surface area contributed by atoms with Crippen molar-refractivity contribution >= 4 is 44.2 Å². The van der Waals surface area contributed by atoms with Crippen molar-refractivity contribution in [3.63, 3.8) is 0 Å². The van der Waals surface area contributed by atoms with Crippen LogP contribution in [-0.4, -0.2) is 20.6 Å². The number of amides is 1. The predicted octanol–water partition coefficient (Wildman–Crippen LogP) is 3.29. The first kappa shape index (κ1) is 18.7. The molecule has 0 heterocycles. The third-order valence-corrected chi connectivity index (χ3v) is 4.71. The van der Waals surface area contributed by atoms with Crippen LogP contribution in [0.4, 0.5) is 10.1 Å². The maximum atomic E-state index is 13.1. The van der Waals surface area contributed by atoms with E-state index in [9.17, 15) is 17.6 Å². The molecule has 2 aromatic rings. The third kappa shape index (κ3) is 5.17. The molecule has 0 spiro atoms. The lowest BCUT2D eigenvalue weighted by atomic mass is 10.1. The summed E-state index contributed by atoms with van der Waals surface area (Å²) >= 11 is 1.91. The quantitative estimate of drug-likeness (QED) is 0.670. The molecule has 8 heteroatoms. The van der Waals surface area contributed by atoms with Crippen LogP contribution in [0.5, 0.6) is 0 Å². The third-order valence-electron chi connectivity index (χ3n) is 3.21. The Balaban J connectivity index is 2.16. The van der Waals surface area contributed by atoms with E-state index < -0.39 is 15.8 Å². The van der Waals surface area contributed by atoms with Crippen molar-refractivity contribution in [2.24, 2.45) is 0 Å². The van der Waals surface area contributed by atoms with Gasteiger partial charge < -0.3 is 5.32 Å². The fourth-order valence-corrected chi connectivity index (χ4v) is 3.39. The molecule has 0 saturated carbocycles. The van der Waals surface area contributed by atoms with Crippen LogP contribution in [0, 0.1) is 9.39 Å². The van der Waals surface area contributed by atoms with E-state index in [2.05, 4.69) is 10.0 Å². The predicted molar refractivity (Wildman–Crippen MR) is 99.9 cm³/mol. The van der Waals surface area contributed by atoms with Crippen LogP contribution in [0.3, 0.4) is 0 Å². The molecule has 0 aliphatic rings. The van der Waals surface area contributed by atoms with Crippen molar-refractivity contribution in [1.82, 2.24) is 5.32 Å². The highest BCUT2D eigenvalue weighted by Gasteiger charge is 2.15. The first-order chi connectivity index (χ1) is 11.2. The van der Waals surface area contributed by atoms with Crippen molar-refractivity contribution in [2.45, 2.75) is 13.0 Å². The summed E-state index contributed by atoms with van der Waals surface area (Å²) in [6.45, 7) is 1.79. The van der Waals surface area contributed by atoms with E-state index in [1.54, 1.807) is 31.2 Å². The number of sulfonamides is 1. The van der Waals surface area contributed by atoms with Gasteiger partial charge in [0.1, 0.15) is 5.82 Å². The van der Waals surface area contributed by atoms with E-state index in [0.717, 1.165) is 11.8 Å². The Bertz CT molecular complexity index is 871. The molecule has 2 rings (SSSR count). The SMILES string of the molecule is CC(NC(=O)c1ccc(F)cc1I)c1cccc(NS(C)(=O)=O)c1. The zero-order valence-corrected chi connectivity index (χ0v) is 16.0. The zero-order valence-electron chi connectivity index (χ0n) is 13.0. The molecule has 0 aliphatic carbocycles. The van der Waals surface area contributed by atoms with Crippen molar-refractivity contribution in [3.8, 4) is 0 Å². The fraction of sp³-hybridized carbons (Fsp3) is 0.188. The van der Waals surface area contributed by atoms with E-state index in [0.29, 0.717) is 14.8 Å². The highest BCUT2D eigenvalue weighted by Crippen LogP contribution is 2.20. The molecule has 0 bridgehead atoms. The lowest BCUT2D eigenvalue weighted by Crippen LogP contribution is -2.27. The number of rotatable bonds is 5. The van der Waals surface area contributed by atoms with Crippen LogP contribution >= 0.6 is 22.6 Å². The largest absolute Gasteiger partial charge is 0.345 e. The molecule has 0 saturated heterocycles. The van der Waals surface area contributed by atoms with E-state index >= 15 is 0 Å². The lowest BCUT2D eigenvalue weighted by Gasteiger charge is -2.16. The highest BCUT2D eigenvalue weighted by molar-refractivity contribution is 14.1. The van der Waals surface area contributed by atoms with Gasteiger partial charge in [0, 0.05) is 9.26 Å². The fourth-order valence-electron chi connectivity index (χ4n) is 2.12. The second-order valence-corrected chi connectivity index (χ2v) is 8.23. The molecule has 2 N–H and O–H groups in total. The van der Waals surface area contributed by atoms with Gasteiger partial charge in [0.15, 0.2) is 0 Å². The van der Waals surface area contributed by atoms with Crippen molar-refractivity contribution in [3.05, 3.63) is 63.0 Å². The minimum absolute atomic E-state index is 0.326. The topological polar surface area (TPSA) is 75.3 Å². The van der Waals surface area contributed by atoms with Gasteiger partial charge in [-0.15, -0.1) is 0 Å². The Morgan fingerprint density at radius 2 is 1.92 bits per heavy atom. The van der Waals surface area contributed by atoms with Crippen LogP contribution in [0.15, 0.2) is 42.5 Å². The molecule has 0 fully saturated rings. The Hall–Kier alpha value is -1.68. The van der Waals surface area contributed by atoms with Crippen LogP contribution in [0.25, 0.3) is 0 Å². The maximum Gasteiger partial charge on any atom is 0.252 e. The van der Waals surface area contributed by atoms with Gasteiger partial charge in [-0.3, -0.25) is 9.52 Å². The Kier molecular flexibility index (Phi) is 5.81. The first-order valence-electron chi connectivity index (χ1n) is 6.99. The molecule has 24 heavy (non-hydrogen) atoms. The standard InChI is InChI=1S/C16H16FIN2O3S/c1-10(11-4-3-5-13(8-11)20-24(2,22)23)19-16(21)14-7-6-12(17)9-15(14)18/h3-10,20H,1-2H3,(H,19,21). The summed E-state index contributed by atoms with van der Waals surface area (Å²) in [4.78, 5) is 12.3. The molecule has 0 aliphatic heterocycles. The molecular formula is C16H16FIN2O3S. The first-order valence-corrected chi connectivity index (χ1v) is 9.96. The van der Waals surface area contributed by atoms with Crippen LogP contribution in [0.1, 0.15) is 28.9 Å². The molecule has 1 amide bonds. The van der Waals surface area contributed by atoms with Crippen molar-refractivity contribution < 1.29 is 17.6 Å². The smallest absolute Gasteiger partial charge is 0.252 e. The summed E-state index contributed by atoms with van der Waals surface area (Å²) < 4.78 is 38.6. The molecule has 128 valence electrons. The Morgan fingerprint density at radius 1 is 1.21 bits per heavy atom. The van der Waals surface area contributed by atoms with Gasteiger partial charge in [-0.25, -0.2) is 12.8 Å². The lowest BCUT2D eigenvalue weighted by molar-refractivity contribution is 0.0939. The van der Waals surface area contributed by atoms with E-state index in [1.165, 1.54) is 18.2 Å². The molecule has 1 unspecified atom stereocenters. The average molecular weight is 462 g/mol. The van der Waals surface area contributed by atoms with Gasteiger partial charge in [0.25, 0.3) is 5.91 Å². The molecular weight excluding hydrogens is 446 g/mol. The summed E-state index contributed by atoms with van der Waals surface area (Å²) in [5.41, 5.74) is 1.55. The van der Waals surface area contributed by atoms with Crippen LogP contribution < -0.4 is 10.0 Å². The van der Waals surface area contributed by atoms with E-state index in [1.807, 2.05) is 22.6 Å². The number of anilines is 1.